The molecular formula is C18H17ClN2O5. The first kappa shape index (κ1) is 17.9. The van der Waals surface area contributed by atoms with Crippen molar-refractivity contribution >= 4 is 40.0 Å². The van der Waals surface area contributed by atoms with Gasteiger partial charge < -0.3 is 18.6 Å². The second-order valence-corrected chi connectivity index (χ2v) is 5.55. The van der Waals surface area contributed by atoms with Gasteiger partial charge in [-0.15, -0.1) is 11.6 Å². The highest BCUT2D eigenvalue weighted by atomic mass is 35.5. The first-order chi connectivity index (χ1) is 12.6. The number of amides is 1. The number of hydrogen-bond donors (Lipinski definition) is 0. The van der Waals surface area contributed by atoms with Crippen molar-refractivity contribution in [2.24, 2.45) is 0 Å². The zero-order chi connectivity index (χ0) is 18.7. The Labute approximate surface area is 155 Å². The Morgan fingerprint density at radius 3 is 2.35 bits per heavy atom. The van der Waals surface area contributed by atoms with E-state index in [1.807, 2.05) is 0 Å². The minimum Gasteiger partial charge on any atom is -0.497 e. The number of halogens is 1. The molecule has 0 fully saturated rings. The Hall–Kier alpha value is -2.93. The molecule has 136 valence electrons. The smallest absolute Gasteiger partial charge is 0.246 e. The predicted octanol–water partition coefficient (Wildman–Crippen LogP) is 3.76. The van der Waals surface area contributed by atoms with Crippen LogP contribution < -0.4 is 19.1 Å². The van der Waals surface area contributed by atoms with E-state index in [4.69, 9.17) is 30.2 Å². The summed E-state index contributed by atoms with van der Waals surface area (Å²) in [6.45, 7) is 0. The van der Waals surface area contributed by atoms with E-state index in [2.05, 4.69) is 4.98 Å². The summed E-state index contributed by atoms with van der Waals surface area (Å²) in [4.78, 5) is 18.2. The molecule has 0 aliphatic rings. The summed E-state index contributed by atoms with van der Waals surface area (Å²) in [5.74, 6) is 0.943. The van der Waals surface area contributed by atoms with Crippen molar-refractivity contribution < 1.29 is 23.4 Å². The SMILES string of the molecule is COc1cc(OC)cc(N(C(=O)CCl)c2cc3ncoc3cc2OC)c1. The maximum atomic E-state index is 12.7. The van der Waals surface area contributed by atoms with Crippen LogP contribution in [0.15, 0.2) is 41.1 Å². The number of alkyl halides is 1. The Kier molecular flexibility index (Phi) is 5.18. The fourth-order valence-corrected chi connectivity index (χ4v) is 2.73. The van der Waals surface area contributed by atoms with Crippen LogP contribution in [0.5, 0.6) is 17.2 Å². The third-order valence-electron chi connectivity index (χ3n) is 3.83. The van der Waals surface area contributed by atoms with Crippen LogP contribution in [0.2, 0.25) is 0 Å². The van der Waals surface area contributed by atoms with Crippen molar-refractivity contribution in [2.45, 2.75) is 0 Å². The van der Waals surface area contributed by atoms with Crippen molar-refractivity contribution in [3.8, 4) is 17.2 Å². The fourth-order valence-electron chi connectivity index (χ4n) is 2.61. The van der Waals surface area contributed by atoms with Gasteiger partial charge in [-0.2, -0.15) is 0 Å². The number of rotatable bonds is 6. The summed E-state index contributed by atoms with van der Waals surface area (Å²) < 4.78 is 21.3. The summed E-state index contributed by atoms with van der Waals surface area (Å²) in [6.07, 6.45) is 1.33. The molecule has 2 aromatic carbocycles. The normalized spacial score (nSPS) is 10.6. The van der Waals surface area contributed by atoms with E-state index in [0.29, 0.717) is 39.7 Å². The monoisotopic (exact) mass is 376 g/mol. The summed E-state index contributed by atoms with van der Waals surface area (Å²) in [5, 5.41) is 0. The van der Waals surface area contributed by atoms with Crippen LogP contribution in [0, 0.1) is 0 Å². The third kappa shape index (κ3) is 3.25. The Balaban J connectivity index is 2.23. The van der Waals surface area contributed by atoms with Gasteiger partial charge in [0.1, 0.15) is 28.6 Å². The van der Waals surface area contributed by atoms with Crippen molar-refractivity contribution in [3.05, 3.63) is 36.7 Å². The van der Waals surface area contributed by atoms with Crippen molar-refractivity contribution in [2.75, 3.05) is 32.1 Å². The molecule has 0 saturated heterocycles. The van der Waals surface area contributed by atoms with Gasteiger partial charge in [0.05, 0.1) is 32.7 Å². The van der Waals surface area contributed by atoms with Gasteiger partial charge in [-0.1, -0.05) is 0 Å². The maximum absolute atomic E-state index is 12.7. The van der Waals surface area contributed by atoms with Crippen LogP contribution >= 0.6 is 11.6 Å². The minimum absolute atomic E-state index is 0.223. The first-order valence-electron chi connectivity index (χ1n) is 7.64. The summed E-state index contributed by atoms with van der Waals surface area (Å²) in [5.41, 5.74) is 2.14. The Morgan fingerprint density at radius 2 is 1.77 bits per heavy atom. The van der Waals surface area contributed by atoms with Gasteiger partial charge in [0.25, 0.3) is 0 Å². The number of aromatic nitrogens is 1. The zero-order valence-corrected chi connectivity index (χ0v) is 15.2. The van der Waals surface area contributed by atoms with Crippen LogP contribution in [-0.2, 0) is 4.79 Å². The standard InChI is InChI=1S/C18H17ClN2O5/c1-23-12-4-11(5-13(6-12)24-2)21(18(22)9-19)15-7-14-16(26-10-20-14)8-17(15)25-3/h4-8,10H,9H2,1-3H3. The molecule has 3 rings (SSSR count). The quantitative estimate of drug-likeness (QED) is 0.610. The van der Waals surface area contributed by atoms with Gasteiger partial charge in [-0.25, -0.2) is 4.98 Å². The molecule has 26 heavy (non-hydrogen) atoms. The maximum Gasteiger partial charge on any atom is 0.246 e. The largest absolute Gasteiger partial charge is 0.497 e. The highest BCUT2D eigenvalue weighted by Gasteiger charge is 2.23. The van der Waals surface area contributed by atoms with Gasteiger partial charge in [0, 0.05) is 24.3 Å². The van der Waals surface area contributed by atoms with Crippen LogP contribution in [0.1, 0.15) is 0 Å². The topological polar surface area (TPSA) is 74.0 Å². The molecule has 1 aromatic heterocycles. The highest BCUT2D eigenvalue weighted by Crippen LogP contribution is 2.39. The Bertz CT molecular complexity index is 918. The van der Waals surface area contributed by atoms with Crippen LogP contribution in [-0.4, -0.2) is 38.1 Å². The van der Waals surface area contributed by atoms with Crippen LogP contribution in [0.3, 0.4) is 0 Å². The number of benzene rings is 2. The van der Waals surface area contributed by atoms with E-state index in [1.54, 1.807) is 30.3 Å². The molecular weight excluding hydrogens is 360 g/mol. The molecule has 1 heterocycles. The average Bonchev–Trinajstić information content (AvgIpc) is 3.14. The van der Waals surface area contributed by atoms with Crippen molar-refractivity contribution in [1.29, 1.82) is 0 Å². The van der Waals surface area contributed by atoms with Gasteiger partial charge in [0.15, 0.2) is 12.0 Å². The second kappa shape index (κ2) is 7.53. The molecule has 0 N–H and O–H groups in total. The van der Waals surface area contributed by atoms with Gasteiger partial charge in [-0.3, -0.25) is 9.69 Å². The molecule has 0 radical (unpaired) electrons. The second-order valence-electron chi connectivity index (χ2n) is 5.28. The van der Waals surface area contributed by atoms with E-state index in [-0.39, 0.29) is 11.8 Å². The number of methoxy groups -OCH3 is 3. The molecule has 0 atom stereocenters. The number of carbonyl (C=O) groups is 1. The molecule has 8 heteroatoms. The lowest BCUT2D eigenvalue weighted by Crippen LogP contribution is -2.27. The van der Waals surface area contributed by atoms with E-state index in [0.717, 1.165) is 0 Å². The molecule has 3 aromatic rings. The number of ether oxygens (including phenoxy) is 3. The van der Waals surface area contributed by atoms with Crippen LogP contribution in [0.25, 0.3) is 11.1 Å². The third-order valence-corrected chi connectivity index (χ3v) is 4.06. The lowest BCUT2D eigenvalue weighted by Gasteiger charge is -2.25. The lowest BCUT2D eigenvalue weighted by atomic mass is 10.2. The molecule has 0 saturated carbocycles. The zero-order valence-electron chi connectivity index (χ0n) is 14.5. The molecule has 0 spiro atoms. The number of hydrogen-bond acceptors (Lipinski definition) is 6. The van der Waals surface area contributed by atoms with E-state index in [1.165, 1.54) is 32.6 Å². The minimum atomic E-state index is -0.344. The number of nitrogens with zero attached hydrogens (tertiary/aromatic N) is 2. The molecule has 1 amide bonds. The van der Waals surface area contributed by atoms with E-state index in [9.17, 15) is 4.79 Å². The van der Waals surface area contributed by atoms with Crippen molar-refractivity contribution in [1.82, 2.24) is 4.98 Å². The molecule has 0 aliphatic heterocycles. The van der Waals surface area contributed by atoms with Crippen molar-refractivity contribution in [3.63, 3.8) is 0 Å². The van der Waals surface area contributed by atoms with Crippen LogP contribution in [0.4, 0.5) is 11.4 Å². The molecule has 7 nitrogen and oxygen atoms in total. The fraction of sp³-hybridized carbons (Fsp3) is 0.222. The average molecular weight is 377 g/mol. The number of carbonyl (C=O) groups excluding carboxylic acids is 1. The highest BCUT2D eigenvalue weighted by molar-refractivity contribution is 6.30. The van der Waals surface area contributed by atoms with Gasteiger partial charge >= 0.3 is 0 Å². The predicted molar refractivity (Wildman–Crippen MR) is 98.0 cm³/mol. The van der Waals surface area contributed by atoms with Gasteiger partial charge in [0.2, 0.25) is 5.91 Å². The summed E-state index contributed by atoms with van der Waals surface area (Å²) in [6, 6.07) is 8.50. The lowest BCUT2D eigenvalue weighted by molar-refractivity contribution is -0.115. The molecule has 0 aliphatic carbocycles. The molecule has 0 unspecified atom stereocenters. The Morgan fingerprint density at radius 1 is 1.08 bits per heavy atom. The number of fused-ring (bicyclic) bond motifs is 1. The number of anilines is 2. The van der Waals surface area contributed by atoms with Gasteiger partial charge in [-0.05, 0) is 6.07 Å². The number of oxazole rings is 1. The summed E-state index contributed by atoms with van der Waals surface area (Å²) in [7, 11) is 4.58. The first-order valence-corrected chi connectivity index (χ1v) is 8.18. The molecule has 0 bridgehead atoms. The summed E-state index contributed by atoms with van der Waals surface area (Å²) >= 11 is 5.86. The van der Waals surface area contributed by atoms with E-state index >= 15 is 0 Å². The van der Waals surface area contributed by atoms with E-state index < -0.39 is 0 Å².